The first-order chi connectivity index (χ1) is 12.5. The zero-order valence-corrected chi connectivity index (χ0v) is 14.7. The summed E-state index contributed by atoms with van der Waals surface area (Å²) in [5, 5.41) is 3.15. The predicted octanol–water partition coefficient (Wildman–Crippen LogP) is 2.91. The fraction of sp³-hybridized carbons (Fsp3) is 0.278. The molecule has 3 aromatic rings. The maximum atomic E-state index is 12.9. The molecule has 0 aliphatic carbocycles. The molecule has 1 aromatic carbocycles. The minimum atomic E-state index is -2.51. The number of nitrogens with one attached hydrogen (secondary N) is 1. The van der Waals surface area contributed by atoms with Crippen LogP contribution in [0.2, 0.25) is 0 Å². The molecule has 0 aliphatic heterocycles. The molecule has 0 unspecified atom stereocenters. The largest absolute Gasteiger partial charge is 0.364 e. The van der Waals surface area contributed by atoms with Crippen LogP contribution in [0.15, 0.2) is 48.2 Å². The van der Waals surface area contributed by atoms with E-state index >= 15 is 0 Å². The van der Waals surface area contributed by atoms with Gasteiger partial charge in [0.25, 0.3) is 6.43 Å². The molecule has 1 N–H and O–H groups in total. The van der Waals surface area contributed by atoms with Crippen molar-refractivity contribution in [2.45, 2.75) is 13.0 Å². The lowest BCUT2D eigenvalue weighted by Gasteiger charge is -2.10. The van der Waals surface area contributed by atoms with Gasteiger partial charge in [0, 0.05) is 38.6 Å². The Morgan fingerprint density at radius 3 is 2.92 bits per heavy atom. The molecule has 0 spiro atoms. The van der Waals surface area contributed by atoms with Gasteiger partial charge >= 0.3 is 0 Å². The first-order valence-electron chi connectivity index (χ1n) is 8.11. The number of hydrogen-bond acceptors (Lipinski definition) is 3. The van der Waals surface area contributed by atoms with Crippen LogP contribution >= 0.6 is 0 Å². The number of hydrogen-bond donors (Lipinski definition) is 1. The Morgan fingerprint density at radius 2 is 2.23 bits per heavy atom. The van der Waals surface area contributed by atoms with Crippen LogP contribution in [-0.2, 0) is 13.6 Å². The zero-order valence-electron chi connectivity index (χ0n) is 14.7. The van der Waals surface area contributed by atoms with Crippen LogP contribution < -0.4 is 5.32 Å². The lowest BCUT2D eigenvalue weighted by molar-refractivity contribution is 0.151. The first-order valence-corrected chi connectivity index (χ1v) is 8.11. The van der Waals surface area contributed by atoms with Gasteiger partial charge in [-0.15, -0.1) is 6.58 Å². The van der Waals surface area contributed by atoms with Crippen LogP contribution in [0.1, 0.15) is 23.6 Å². The fourth-order valence-corrected chi connectivity index (χ4v) is 2.78. The standard InChI is InChI=1S/C18H20F2N6/c1-4-7-22-17(21-2)18-23-8-9-26(18)11-15-24-13-10-12(16(19)20)5-6-14(13)25(15)3/h4-6,8-10,16H,1,7,11H2,2-3H3,(H,21,22). The van der Waals surface area contributed by atoms with E-state index in [0.717, 1.165) is 11.3 Å². The molecule has 26 heavy (non-hydrogen) atoms. The van der Waals surface area contributed by atoms with Crippen LogP contribution in [0.25, 0.3) is 11.0 Å². The highest BCUT2D eigenvalue weighted by Crippen LogP contribution is 2.24. The number of nitrogens with zero attached hydrogens (tertiary/aromatic N) is 5. The van der Waals surface area contributed by atoms with E-state index in [0.29, 0.717) is 30.3 Å². The van der Waals surface area contributed by atoms with Crippen LogP contribution in [0, 0.1) is 0 Å². The van der Waals surface area contributed by atoms with Gasteiger partial charge in [0.2, 0.25) is 0 Å². The maximum absolute atomic E-state index is 12.9. The highest BCUT2D eigenvalue weighted by Gasteiger charge is 2.15. The Bertz CT molecular complexity index is 954. The molecule has 2 aromatic heterocycles. The van der Waals surface area contributed by atoms with Crippen molar-refractivity contribution >= 4 is 16.9 Å². The number of aliphatic imine (C=N–C) groups is 1. The van der Waals surface area contributed by atoms with Crippen molar-refractivity contribution in [1.82, 2.24) is 24.4 Å². The molecule has 0 fully saturated rings. The van der Waals surface area contributed by atoms with E-state index in [9.17, 15) is 8.78 Å². The van der Waals surface area contributed by atoms with E-state index in [4.69, 9.17) is 0 Å². The maximum Gasteiger partial charge on any atom is 0.263 e. The van der Waals surface area contributed by atoms with Crippen LogP contribution in [0.3, 0.4) is 0 Å². The lowest BCUT2D eigenvalue weighted by Crippen LogP contribution is -2.28. The molecule has 0 saturated heterocycles. The van der Waals surface area contributed by atoms with Gasteiger partial charge in [0.1, 0.15) is 5.82 Å². The summed E-state index contributed by atoms with van der Waals surface area (Å²) >= 11 is 0. The van der Waals surface area contributed by atoms with Gasteiger partial charge in [-0.05, 0) is 12.1 Å². The fourth-order valence-electron chi connectivity index (χ4n) is 2.78. The van der Waals surface area contributed by atoms with Crippen molar-refractivity contribution in [3.05, 3.63) is 60.5 Å². The summed E-state index contributed by atoms with van der Waals surface area (Å²) in [6, 6.07) is 4.54. The van der Waals surface area contributed by atoms with Gasteiger partial charge in [0.05, 0.1) is 17.6 Å². The second-order valence-corrected chi connectivity index (χ2v) is 5.76. The van der Waals surface area contributed by atoms with Crippen molar-refractivity contribution < 1.29 is 8.78 Å². The van der Waals surface area contributed by atoms with Gasteiger partial charge in [0.15, 0.2) is 11.7 Å². The third-order valence-electron chi connectivity index (χ3n) is 4.13. The smallest absolute Gasteiger partial charge is 0.263 e. The second kappa shape index (κ2) is 7.47. The zero-order chi connectivity index (χ0) is 18.7. The molecule has 2 heterocycles. The number of aryl methyl sites for hydroxylation is 1. The molecule has 0 aliphatic rings. The van der Waals surface area contributed by atoms with Crippen molar-refractivity contribution in [1.29, 1.82) is 0 Å². The number of aromatic nitrogens is 4. The number of benzene rings is 1. The molecule has 6 nitrogen and oxygen atoms in total. The highest BCUT2D eigenvalue weighted by atomic mass is 19.3. The molecule has 8 heteroatoms. The Morgan fingerprint density at radius 1 is 1.42 bits per heavy atom. The first kappa shape index (κ1) is 17.8. The van der Waals surface area contributed by atoms with Crippen molar-refractivity contribution in [3.8, 4) is 0 Å². The number of alkyl halides is 2. The molecular formula is C18H20F2N6. The van der Waals surface area contributed by atoms with Gasteiger partial charge in [-0.1, -0.05) is 12.1 Å². The van der Waals surface area contributed by atoms with Crippen molar-refractivity contribution in [3.63, 3.8) is 0 Å². The van der Waals surface area contributed by atoms with Gasteiger partial charge in [-0.2, -0.15) is 0 Å². The van der Waals surface area contributed by atoms with E-state index in [1.807, 2.05) is 22.4 Å². The number of halogens is 2. The third-order valence-corrected chi connectivity index (χ3v) is 4.13. The van der Waals surface area contributed by atoms with Crippen LogP contribution in [0.4, 0.5) is 8.78 Å². The summed E-state index contributed by atoms with van der Waals surface area (Å²) in [4.78, 5) is 13.1. The van der Waals surface area contributed by atoms with E-state index in [1.165, 1.54) is 12.1 Å². The van der Waals surface area contributed by atoms with Gasteiger partial charge < -0.3 is 14.5 Å². The summed E-state index contributed by atoms with van der Waals surface area (Å²) in [5.74, 6) is 2.06. The van der Waals surface area contributed by atoms with Gasteiger partial charge in [-0.25, -0.2) is 18.7 Å². The molecule has 136 valence electrons. The van der Waals surface area contributed by atoms with E-state index < -0.39 is 6.43 Å². The number of amidine groups is 1. The highest BCUT2D eigenvalue weighted by molar-refractivity contribution is 5.95. The summed E-state index contributed by atoms with van der Waals surface area (Å²) in [6.07, 6.45) is 2.75. The molecule has 3 rings (SSSR count). The summed E-state index contributed by atoms with van der Waals surface area (Å²) < 4.78 is 29.6. The minimum absolute atomic E-state index is 0.0282. The normalized spacial score (nSPS) is 12.1. The topological polar surface area (TPSA) is 60.0 Å². The summed E-state index contributed by atoms with van der Waals surface area (Å²) in [7, 11) is 3.56. The Labute approximate surface area is 149 Å². The Hall–Kier alpha value is -3.03. The summed E-state index contributed by atoms with van der Waals surface area (Å²) in [5.41, 5.74) is 1.33. The SMILES string of the molecule is C=CCNC(=NC)c1nccn1Cc1nc2cc(C(F)F)ccc2n1C. The van der Waals surface area contributed by atoms with Crippen LogP contribution in [-0.4, -0.2) is 38.5 Å². The molecule has 0 bridgehead atoms. The predicted molar refractivity (Wildman–Crippen MR) is 97.7 cm³/mol. The average Bonchev–Trinajstić information content (AvgIpc) is 3.21. The average molecular weight is 358 g/mol. The van der Waals surface area contributed by atoms with E-state index in [1.54, 1.807) is 25.4 Å². The Kier molecular flexibility index (Phi) is 5.11. The van der Waals surface area contributed by atoms with Crippen molar-refractivity contribution in [2.24, 2.45) is 12.0 Å². The quantitative estimate of drug-likeness (QED) is 0.419. The Balaban J connectivity index is 1.94. The van der Waals surface area contributed by atoms with Gasteiger partial charge in [-0.3, -0.25) is 4.99 Å². The molecule has 0 atom stereocenters. The van der Waals surface area contributed by atoms with Crippen LogP contribution in [0.5, 0.6) is 0 Å². The van der Waals surface area contributed by atoms with E-state index in [-0.39, 0.29) is 5.56 Å². The second-order valence-electron chi connectivity index (χ2n) is 5.76. The number of fused-ring (bicyclic) bond motifs is 1. The van der Waals surface area contributed by atoms with E-state index in [2.05, 4.69) is 26.9 Å². The molecule has 0 radical (unpaired) electrons. The third kappa shape index (κ3) is 3.35. The number of imidazole rings is 2. The summed E-state index contributed by atoms with van der Waals surface area (Å²) in [6.45, 7) is 4.70. The monoisotopic (exact) mass is 358 g/mol. The minimum Gasteiger partial charge on any atom is -0.364 e. The molecule has 0 amide bonds. The number of rotatable bonds is 6. The molecular weight excluding hydrogens is 338 g/mol. The van der Waals surface area contributed by atoms with Crippen molar-refractivity contribution in [2.75, 3.05) is 13.6 Å². The lowest BCUT2D eigenvalue weighted by atomic mass is 10.2. The molecule has 0 saturated carbocycles.